The number of imide groups is 1. The summed E-state index contributed by atoms with van der Waals surface area (Å²) in [6.07, 6.45) is 0. The fraction of sp³-hybridized carbons (Fsp3) is 0.444. The maximum Gasteiger partial charge on any atom is 0.310 e. The summed E-state index contributed by atoms with van der Waals surface area (Å²) in [7, 11) is 1.29. The zero-order valence-electron chi connectivity index (χ0n) is 14.8. The smallest absolute Gasteiger partial charge is 0.310 e. The Hall–Kier alpha value is -2.70. The zero-order chi connectivity index (χ0) is 18.7. The first-order chi connectivity index (χ1) is 11.8. The number of carbonyl (C=O) groups excluding carboxylic acids is 4. The molecule has 0 saturated heterocycles. The van der Waals surface area contributed by atoms with E-state index in [-0.39, 0.29) is 25.0 Å². The molecule has 1 atom stereocenters. The van der Waals surface area contributed by atoms with Crippen molar-refractivity contribution in [1.29, 1.82) is 0 Å². The van der Waals surface area contributed by atoms with Crippen LogP contribution >= 0.6 is 0 Å². The van der Waals surface area contributed by atoms with E-state index in [4.69, 9.17) is 0 Å². The summed E-state index contributed by atoms with van der Waals surface area (Å²) >= 11 is 0. The van der Waals surface area contributed by atoms with Gasteiger partial charge in [-0.05, 0) is 26.0 Å². The van der Waals surface area contributed by atoms with Crippen molar-refractivity contribution < 1.29 is 23.9 Å². The topological polar surface area (TPSA) is 84.0 Å². The Labute approximate surface area is 146 Å². The van der Waals surface area contributed by atoms with Crippen molar-refractivity contribution in [2.45, 2.75) is 26.8 Å². The van der Waals surface area contributed by atoms with E-state index < -0.39 is 23.7 Å². The second-order valence-corrected chi connectivity index (χ2v) is 6.31. The molecule has 0 spiro atoms. The van der Waals surface area contributed by atoms with Crippen LogP contribution in [0.3, 0.4) is 0 Å². The number of fused-ring (bicyclic) bond motifs is 1. The number of hydrogen-bond donors (Lipinski definition) is 0. The Balaban J connectivity index is 2.13. The molecule has 0 aromatic heterocycles. The van der Waals surface area contributed by atoms with Crippen molar-refractivity contribution in [1.82, 2.24) is 9.80 Å². The molecule has 2 rings (SSSR count). The van der Waals surface area contributed by atoms with Crippen molar-refractivity contribution in [2.24, 2.45) is 5.92 Å². The SMILES string of the molecule is COC(=O)C(C)CN(C(=O)CN1C(=O)c2ccccc2C1=O)C(C)C. The van der Waals surface area contributed by atoms with E-state index in [0.29, 0.717) is 11.1 Å². The molecule has 3 amide bonds. The van der Waals surface area contributed by atoms with Crippen LogP contribution in [-0.4, -0.2) is 59.7 Å². The van der Waals surface area contributed by atoms with Gasteiger partial charge in [0.2, 0.25) is 5.91 Å². The molecule has 7 nitrogen and oxygen atoms in total. The molecular weight excluding hydrogens is 324 g/mol. The highest BCUT2D eigenvalue weighted by Gasteiger charge is 2.37. The van der Waals surface area contributed by atoms with Crippen LogP contribution in [0.1, 0.15) is 41.5 Å². The summed E-state index contributed by atoms with van der Waals surface area (Å²) in [5, 5.41) is 0. The van der Waals surface area contributed by atoms with E-state index in [1.54, 1.807) is 31.2 Å². The number of ether oxygens (including phenoxy) is 1. The van der Waals surface area contributed by atoms with Crippen molar-refractivity contribution >= 4 is 23.7 Å². The number of esters is 1. The number of benzene rings is 1. The van der Waals surface area contributed by atoms with Crippen LogP contribution in [0.15, 0.2) is 24.3 Å². The van der Waals surface area contributed by atoms with Gasteiger partial charge in [0.1, 0.15) is 6.54 Å². The van der Waals surface area contributed by atoms with Crippen LogP contribution in [0.25, 0.3) is 0 Å². The number of rotatable bonds is 6. The van der Waals surface area contributed by atoms with Crippen molar-refractivity contribution in [3.63, 3.8) is 0 Å². The number of nitrogens with zero attached hydrogens (tertiary/aromatic N) is 2. The number of methoxy groups -OCH3 is 1. The molecule has 1 aliphatic heterocycles. The van der Waals surface area contributed by atoms with E-state index in [1.165, 1.54) is 12.0 Å². The third kappa shape index (κ3) is 3.70. The fourth-order valence-electron chi connectivity index (χ4n) is 2.78. The molecule has 0 N–H and O–H groups in total. The van der Waals surface area contributed by atoms with Gasteiger partial charge in [0.05, 0.1) is 24.2 Å². The van der Waals surface area contributed by atoms with Crippen LogP contribution in [0.2, 0.25) is 0 Å². The minimum absolute atomic E-state index is 0.159. The zero-order valence-corrected chi connectivity index (χ0v) is 14.8. The summed E-state index contributed by atoms with van der Waals surface area (Å²) < 4.78 is 4.69. The Kier molecular flexibility index (Phi) is 5.56. The highest BCUT2D eigenvalue weighted by atomic mass is 16.5. The molecule has 25 heavy (non-hydrogen) atoms. The molecule has 0 fully saturated rings. The molecule has 1 aromatic rings. The first-order valence-electron chi connectivity index (χ1n) is 8.10. The van der Waals surface area contributed by atoms with Gasteiger partial charge < -0.3 is 9.64 Å². The highest BCUT2D eigenvalue weighted by molar-refractivity contribution is 6.22. The van der Waals surface area contributed by atoms with E-state index >= 15 is 0 Å². The average Bonchev–Trinajstić information content (AvgIpc) is 2.83. The summed E-state index contributed by atoms with van der Waals surface area (Å²) in [6.45, 7) is 5.09. The van der Waals surface area contributed by atoms with Crippen molar-refractivity contribution in [2.75, 3.05) is 20.2 Å². The summed E-state index contributed by atoms with van der Waals surface area (Å²) in [4.78, 5) is 51.4. The second-order valence-electron chi connectivity index (χ2n) is 6.31. The minimum atomic E-state index is -0.501. The van der Waals surface area contributed by atoms with E-state index in [1.807, 2.05) is 13.8 Å². The predicted octanol–water partition coefficient (Wildman–Crippen LogP) is 1.33. The lowest BCUT2D eigenvalue weighted by atomic mass is 10.1. The molecule has 134 valence electrons. The molecule has 0 radical (unpaired) electrons. The maximum absolute atomic E-state index is 12.7. The van der Waals surface area contributed by atoms with Crippen LogP contribution in [0.5, 0.6) is 0 Å². The number of carbonyl (C=O) groups is 4. The second kappa shape index (κ2) is 7.46. The van der Waals surface area contributed by atoms with Crippen LogP contribution in [0, 0.1) is 5.92 Å². The average molecular weight is 346 g/mol. The van der Waals surface area contributed by atoms with Gasteiger partial charge in [0.25, 0.3) is 11.8 Å². The summed E-state index contributed by atoms with van der Waals surface area (Å²) in [6, 6.07) is 6.30. The predicted molar refractivity (Wildman–Crippen MR) is 89.8 cm³/mol. The molecular formula is C18H22N2O5. The fourth-order valence-corrected chi connectivity index (χ4v) is 2.78. The van der Waals surface area contributed by atoms with Gasteiger partial charge in [-0.15, -0.1) is 0 Å². The summed E-state index contributed by atoms with van der Waals surface area (Å²) in [5.41, 5.74) is 0.610. The molecule has 1 aromatic carbocycles. The lowest BCUT2D eigenvalue weighted by Gasteiger charge is -2.30. The molecule has 0 aliphatic carbocycles. The van der Waals surface area contributed by atoms with Gasteiger partial charge in [-0.25, -0.2) is 0 Å². The summed E-state index contributed by atoms with van der Waals surface area (Å²) in [5.74, 6) is -2.25. The van der Waals surface area contributed by atoms with Gasteiger partial charge in [-0.2, -0.15) is 0 Å². The van der Waals surface area contributed by atoms with Crippen LogP contribution in [0.4, 0.5) is 0 Å². The van der Waals surface area contributed by atoms with Crippen LogP contribution < -0.4 is 0 Å². The van der Waals surface area contributed by atoms with Gasteiger partial charge >= 0.3 is 5.97 Å². The van der Waals surface area contributed by atoms with E-state index in [2.05, 4.69) is 4.74 Å². The van der Waals surface area contributed by atoms with Gasteiger partial charge in [0.15, 0.2) is 0 Å². The molecule has 1 heterocycles. The molecule has 1 aliphatic rings. The monoisotopic (exact) mass is 346 g/mol. The Morgan fingerprint density at radius 1 is 1.08 bits per heavy atom. The molecule has 7 heteroatoms. The quantitative estimate of drug-likeness (QED) is 0.573. The number of hydrogen-bond acceptors (Lipinski definition) is 5. The molecule has 0 saturated carbocycles. The van der Waals surface area contributed by atoms with E-state index in [9.17, 15) is 19.2 Å². The molecule has 0 bridgehead atoms. The number of amides is 3. The third-order valence-electron chi connectivity index (χ3n) is 4.19. The van der Waals surface area contributed by atoms with Crippen molar-refractivity contribution in [3.8, 4) is 0 Å². The van der Waals surface area contributed by atoms with Gasteiger partial charge in [-0.1, -0.05) is 19.1 Å². The van der Waals surface area contributed by atoms with Gasteiger partial charge in [-0.3, -0.25) is 24.1 Å². The van der Waals surface area contributed by atoms with E-state index in [0.717, 1.165) is 4.90 Å². The largest absolute Gasteiger partial charge is 0.469 e. The normalized spacial score (nSPS) is 14.5. The standard InChI is InChI=1S/C18H22N2O5/c1-11(2)19(9-12(3)18(24)25-4)15(21)10-20-16(22)13-7-5-6-8-14(13)17(20)23/h5-8,11-12H,9-10H2,1-4H3. The Bertz CT molecular complexity index is 678. The van der Waals surface area contributed by atoms with Crippen LogP contribution in [-0.2, 0) is 14.3 Å². The Morgan fingerprint density at radius 2 is 1.60 bits per heavy atom. The lowest BCUT2D eigenvalue weighted by molar-refractivity contribution is -0.147. The first-order valence-corrected chi connectivity index (χ1v) is 8.10. The highest BCUT2D eigenvalue weighted by Crippen LogP contribution is 2.22. The minimum Gasteiger partial charge on any atom is -0.469 e. The third-order valence-corrected chi connectivity index (χ3v) is 4.19. The van der Waals surface area contributed by atoms with Crippen molar-refractivity contribution in [3.05, 3.63) is 35.4 Å². The maximum atomic E-state index is 12.7. The Morgan fingerprint density at radius 3 is 2.04 bits per heavy atom. The molecule has 1 unspecified atom stereocenters. The lowest BCUT2D eigenvalue weighted by Crippen LogP contribution is -2.47. The van der Waals surface area contributed by atoms with Gasteiger partial charge in [0, 0.05) is 12.6 Å². The first kappa shape index (κ1) is 18.6.